The van der Waals surface area contributed by atoms with Crippen LogP contribution in [-0.4, -0.2) is 32.7 Å². The number of sulfonamides is 2. The van der Waals surface area contributed by atoms with Crippen LogP contribution in [-0.2, 0) is 20.0 Å². The molecule has 0 saturated carbocycles. The highest BCUT2D eigenvalue weighted by atomic mass is 35.5. The van der Waals surface area contributed by atoms with Crippen LogP contribution in [0.3, 0.4) is 0 Å². The van der Waals surface area contributed by atoms with E-state index in [0.29, 0.717) is 34.2 Å². The van der Waals surface area contributed by atoms with Gasteiger partial charge in [-0.1, -0.05) is 23.7 Å². The number of benzene rings is 2. The molecule has 0 aliphatic carbocycles. The Morgan fingerprint density at radius 3 is 2.34 bits per heavy atom. The molecule has 0 spiro atoms. The summed E-state index contributed by atoms with van der Waals surface area (Å²) in [6.45, 7) is 1.55. The van der Waals surface area contributed by atoms with Crippen LogP contribution in [0.2, 0.25) is 5.02 Å². The average molecular weight is 494 g/mol. The molecule has 32 heavy (non-hydrogen) atoms. The number of furan rings is 1. The van der Waals surface area contributed by atoms with Crippen LogP contribution >= 0.6 is 11.6 Å². The molecule has 1 aliphatic rings. The Kier molecular flexibility index (Phi) is 6.02. The predicted octanol–water partition coefficient (Wildman–Crippen LogP) is 4.23. The molecule has 1 aliphatic heterocycles. The van der Waals surface area contributed by atoms with Crippen molar-refractivity contribution in [3.63, 3.8) is 0 Å². The van der Waals surface area contributed by atoms with Gasteiger partial charge in [-0.3, -0.25) is 4.72 Å². The van der Waals surface area contributed by atoms with Gasteiger partial charge in [0, 0.05) is 17.1 Å². The largest absolute Gasteiger partial charge is 0.467 e. The van der Waals surface area contributed by atoms with Gasteiger partial charge < -0.3 is 4.42 Å². The van der Waals surface area contributed by atoms with Crippen molar-refractivity contribution in [1.29, 1.82) is 0 Å². The van der Waals surface area contributed by atoms with E-state index in [9.17, 15) is 16.8 Å². The first kappa shape index (κ1) is 22.4. The lowest BCUT2D eigenvalue weighted by Gasteiger charge is -2.21. The minimum absolute atomic E-state index is 0.0379. The third kappa shape index (κ3) is 4.52. The molecule has 11 heteroatoms. The quantitative estimate of drug-likeness (QED) is 0.529. The van der Waals surface area contributed by atoms with Gasteiger partial charge in [-0.25, -0.2) is 8.42 Å². The molecule has 8 nitrogen and oxygen atoms in total. The maximum Gasteiger partial charge on any atom is 0.279 e. The fourth-order valence-corrected chi connectivity index (χ4v) is 5.46. The van der Waals surface area contributed by atoms with Crippen LogP contribution in [0.15, 0.2) is 81.3 Å². The molecule has 0 amide bonds. The van der Waals surface area contributed by atoms with Crippen LogP contribution in [0.1, 0.15) is 30.7 Å². The van der Waals surface area contributed by atoms with E-state index >= 15 is 0 Å². The van der Waals surface area contributed by atoms with E-state index in [0.717, 1.165) is 4.41 Å². The molecule has 2 heterocycles. The Bertz CT molecular complexity index is 1340. The fourth-order valence-electron chi connectivity index (χ4n) is 3.27. The summed E-state index contributed by atoms with van der Waals surface area (Å²) in [4.78, 5) is 0.0628. The number of anilines is 1. The topological polar surface area (TPSA) is 109 Å². The molecule has 0 saturated heterocycles. The van der Waals surface area contributed by atoms with E-state index < -0.39 is 26.1 Å². The minimum Gasteiger partial charge on any atom is -0.467 e. The van der Waals surface area contributed by atoms with Gasteiger partial charge in [0.05, 0.1) is 22.6 Å². The molecule has 1 N–H and O–H groups in total. The van der Waals surface area contributed by atoms with Crippen LogP contribution in [0, 0.1) is 0 Å². The summed E-state index contributed by atoms with van der Waals surface area (Å²) in [6, 6.07) is 15.2. The van der Waals surface area contributed by atoms with E-state index in [1.54, 1.807) is 43.3 Å². The second-order valence-corrected chi connectivity index (χ2v) is 11.3. The van der Waals surface area contributed by atoms with Gasteiger partial charge in [-0.15, -0.1) is 0 Å². The first-order valence-electron chi connectivity index (χ1n) is 9.71. The second-order valence-electron chi connectivity index (χ2n) is 7.10. The highest BCUT2D eigenvalue weighted by molar-refractivity contribution is 7.92. The van der Waals surface area contributed by atoms with Crippen LogP contribution < -0.4 is 4.72 Å². The molecule has 4 rings (SSSR count). The zero-order valence-electron chi connectivity index (χ0n) is 17.0. The number of hydrazone groups is 1. The number of halogens is 1. The monoisotopic (exact) mass is 493 g/mol. The van der Waals surface area contributed by atoms with Crippen molar-refractivity contribution in [3.05, 3.63) is 83.3 Å². The van der Waals surface area contributed by atoms with Crippen molar-refractivity contribution in [1.82, 2.24) is 4.41 Å². The van der Waals surface area contributed by atoms with Crippen LogP contribution in [0.4, 0.5) is 5.69 Å². The molecule has 1 atom stereocenters. The number of hydrogen-bond acceptors (Lipinski definition) is 6. The molecule has 2 aromatic carbocycles. The van der Waals surface area contributed by atoms with Gasteiger partial charge in [0.15, 0.2) is 0 Å². The Morgan fingerprint density at radius 2 is 1.75 bits per heavy atom. The maximum absolute atomic E-state index is 13.3. The molecule has 3 aromatic rings. The van der Waals surface area contributed by atoms with Gasteiger partial charge in [-0.05, 0) is 61.0 Å². The first-order chi connectivity index (χ1) is 15.2. The summed E-state index contributed by atoms with van der Waals surface area (Å²) in [6.07, 6.45) is 1.77. The van der Waals surface area contributed by atoms with E-state index in [-0.39, 0.29) is 10.6 Å². The van der Waals surface area contributed by atoms with E-state index in [4.69, 9.17) is 16.0 Å². The standard InChI is InChI=1S/C21H20ClN3O5S2/c1-2-31(26,27)24-17-9-5-15(6-10-17)19-14-20(21-4-3-13-30-21)25(23-19)32(28,29)18-11-7-16(22)8-12-18/h3-13,20,24H,2,14H2,1H3/t20-/m1/s1. The normalized spacial score (nSPS) is 16.8. The predicted molar refractivity (Wildman–Crippen MR) is 123 cm³/mol. The summed E-state index contributed by atoms with van der Waals surface area (Å²) in [5, 5.41) is 4.84. The van der Waals surface area contributed by atoms with Crippen LogP contribution in [0.5, 0.6) is 0 Å². The lowest BCUT2D eigenvalue weighted by atomic mass is 10.0. The van der Waals surface area contributed by atoms with Crippen molar-refractivity contribution < 1.29 is 21.3 Å². The number of nitrogens with one attached hydrogen (secondary N) is 1. The molecule has 1 aromatic heterocycles. The molecular weight excluding hydrogens is 474 g/mol. The molecule has 168 valence electrons. The van der Waals surface area contributed by atoms with Gasteiger partial charge in [0.2, 0.25) is 10.0 Å². The van der Waals surface area contributed by atoms with Gasteiger partial charge in [0.25, 0.3) is 10.0 Å². The smallest absolute Gasteiger partial charge is 0.279 e. The zero-order valence-corrected chi connectivity index (χ0v) is 19.4. The molecule has 0 bridgehead atoms. The summed E-state index contributed by atoms with van der Waals surface area (Å²) < 4.78 is 59.2. The van der Waals surface area contributed by atoms with Crippen molar-refractivity contribution in [2.24, 2.45) is 5.10 Å². The second kappa shape index (κ2) is 8.61. The van der Waals surface area contributed by atoms with Crippen molar-refractivity contribution in [2.75, 3.05) is 10.5 Å². The Hall–Kier alpha value is -2.82. The summed E-state index contributed by atoms with van der Waals surface area (Å²) in [5.41, 5.74) is 1.63. The molecule has 0 unspecified atom stereocenters. The lowest BCUT2D eigenvalue weighted by Crippen LogP contribution is -2.27. The third-order valence-electron chi connectivity index (χ3n) is 4.97. The summed E-state index contributed by atoms with van der Waals surface area (Å²) in [7, 11) is -7.37. The van der Waals surface area contributed by atoms with Crippen molar-refractivity contribution >= 4 is 43.0 Å². The fraction of sp³-hybridized carbons (Fsp3) is 0.190. The Balaban J connectivity index is 1.69. The molecule has 0 radical (unpaired) electrons. The number of hydrogen-bond donors (Lipinski definition) is 1. The minimum atomic E-state index is -3.97. The van der Waals surface area contributed by atoms with Crippen molar-refractivity contribution in [2.45, 2.75) is 24.3 Å². The Labute approximate surface area is 191 Å². The SMILES string of the molecule is CCS(=O)(=O)Nc1ccc(C2=NN(S(=O)(=O)c3ccc(Cl)cc3)[C@@H](c3ccco3)C2)cc1. The molecule has 0 fully saturated rings. The van der Waals surface area contributed by atoms with Crippen LogP contribution in [0.25, 0.3) is 0 Å². The third-order valence-corrected chi connectivity index (χ3v) is 8.23. The summed E-state index contributed by atoms with van der Waals surface area (Å²) in [5.74, 6) is 0.428. The van der Waals surface area contributed by atoms with Crippen molar-refractivity contribution in [3.8, 4) is 0 Å². The van der Waals surface area contributed by atoms with Gasteiger partial charge in [-0.2, -0.15) is 17.9 Å². The first-order valence-corrected chi connectivity index (χ1v) is 13.2. The van der Waals surface area contributed by atoms with E-state index in [1.807, 2.05) is 0 Å². The van der Waals surface area contributed by atoms with E-state index in [1.165, 1.54) is 30.5 Å². The highest BCUT2D eigenvalue weighted by Gasteiger charge is 2.39. The lowest BCUT2D eigenvalue weighted by molar-refractivity contribution is 0.320. The average Bonchev–Trinajstić information content (AvgIpc) is 3.45. The summed E-state index contributed by atoms with van der Waals surface area (Å²) >= 11 is 5.90. The number of nitrogens with zero attached hydrogens (tertiary/aromatic N) is 2. The zero-order chi connectivity index (χ0) is 22.9. The van der Waals surface area contributed by atoms with E-state index in [2.05, 4.69) is 9.82 Å². The highest BCUT2D eigenvalue weighted by Crippen LogP contribution is 2.37. The Morgan fingerprint density at radius 1 is 1.06 bits per heavy atom. The van der Waals surface area contributed by atoms with Gasteiger partial charge in [0.1, 0.15) is 11.8 Å². The van der Waals surface area contributed by atoms with Gasteiger partial charge >= 0.3 is 0 Å². The maximum atomic E-state index is 13.3. The molecular formula is C21H20ClN3O5S2. The number of rotatable bonds is 7.